The molecule has 0 saturated heterocycles. The van der Waals surface area contributed by atoms with Gasteiger partial charge in [0.25, 0.3) is 0 Å². The first kappa shape index (κ1) is 26.4. The Kier molecular flexibility index (Phi) is 6.38. The van der Waals surface area contributed by atoms with Gasteiger partial charge in [-0.15, -0.1) is 11.3 Å². The zero-order chi connectivity index (χ0) is 27.5. The summed E-state index contributed by atoms with van der Waals surface area (Å²) in [4.78, 5) is 1.08. The van der Waals surface area contributed by atoms with Crippen LogP contribution in [0.1, 0.15) is 16.0 Å². The van der Waals surface area contributed by atoms with Crippen LogP contribution in [0.25, 0.3) is 32.0 Å². The maximum Gasteiger partial charge on any atom is 0.380 e. The average Bonchev–Trinajstić information content (AvgIpc) is 3.52. The van der Waals surface area contributed by atoms with Gasteiger partial charge in [-0.05, 0) is 60.0 Å². The molecule has 0 radical (unpaired) electrons. The molecule has 0 bridgehead atoms. The van der Waals surface area contributed by atoms with Crippen LogP contribution in [0.15, 0.2) is 66.7 Å². The van der Waals surface area contributed by atoms with Gasteiger partial charge in [-0.1, -0.05) is 41.7 Å². The first-order valence-corrected chi connectivity index (χ1v) is 12.9. The van der Waals surface area contributed by atoms with E-state index in [9.17, 15) is 8.78 Å². The molecule has 0 atom stereocenters. The third-order valence-electron chi connectivity index (χ3n) is 6.44. The van der Waals surface area contributed by atoms with Crippen LogP contribution in [0.3, 0.4) is 0 Å². The number of thiophene rings is 2. The minimum atomic E-state index is -5.65. The van der Waals surface area contributed by atoms with E-state index in [1.807, 2.05) is 0 Å². The van der Waals surface area contributed by atoms with Crippen molar-refractivity contribution in [2.24, 2.45) is 0 Å². The van der Waals surface area contributed by atoms with E-state index in [2.05, 4.69) is 0 Å². The molecule has 1 aliphatic rings. The van der Waals surface area contributed by atoms with Crippen LogP contribution in [0.5, 0.6) is 10.8 Å². The molecule has 1 aliphatic carbocycles. The summed E-state index contributed by atoms with van der Waals surface area (Å²) in [5, 5.41) is -0.159. The molecular weight excluding hydrogens is 546 g/mol. The minimum absolute atomic E-state index is 0.159. The van der Waals surface area contributed by atoms with Crippen molar-refractivity contribution in [2.75, 3.05) is 14.2 Å². The number of rotatable bonds is 6. The van der Waals surface area contributed by atoms with Crippen molar-refractivity contribution in [3.63, 3.8) is 0 Å². The molecule has 2 heterocycles. The van der Waals surface area contributed by atoms with Crippen LogP contribution in [0.2, 0.25) is 0 Å². The zero-order valence-electron chi connectivity index (χ0n) is 20.3. The van der Waals surface area contributed by atoms with Gasteiger partial charge in [0, 0.05) is 31.3 Å². The molecule has 10 heteroatoms. The van der Waals surface area contributed by atoms with Crippen molar-refractivity contribution in [1.82, 2.24) is 0 Å². The van der Waals surface area contributed by atoms with Crippen molar-refractivity contribution in [3.05, 3.63) is 82.7 Å². The maximum atomic E-state index is 15.4. The molecule has 2 aromatic carbocycles. The number of hydrogen-bond acceptors (Lipinski definition) is 4. The molecule has 0 fully saturated rings. The molecule has 0 N–H and O–H groups in total. The summed E-state index contributed by atoms with van der Waals surface area (Å²) in [5.74, 6) is -15.4. The van der Waals surface area contributed by atoms with Gasteiger partial charge in [0.1, 0.15) is 5.75 Å². The van der Waals surface area contributed by atoms with Crippen molar-refractivity contribution in [3.8, 4) is 31.7 Å². The SMILES string of the molecule is COc1ccc(-c2cc(C3=C(c4cc(-c5ccccc5)sc4OC)C(F)(F)C(F)(F)C3(F)F)c(C)s2)cc1. The fourth-order valence-electron chi connectivity index (χ4n) is 4.51. The summed E-state index contributed by atoms with van der Waals surface area (Å²) < 4.78 is 102. The molecule has 0 spiro atoms. The highest BCUT2D eigenvalue weighted by atomic mass is 32.1. The Morgan fingerprint density at radius 3 is 1.74 bits per heavy atom. The monoisotopic (exact) mass is 566 g/mol. The number of benzene rings is 2. The Balaban J connectivity index is 1.77. The van der Waals surface area contributed by atoms with Crippen LogP contribution >= 0.6 is 22.7 Å². The Bertz CT molecular complexity index is 1520. The maximum absolute atomic E-state index is 15.4. The van der Waals surface area contributed by atoms with Gasteiger partial charge in [-0.25, -0.2) is 0 Å². The van der Waals surface area contributed by atoms with Crippen molar-refractivity contribution in [1.29, 1.82) is 0 Å². The van der Waals surface area contributed by atoms with E-state index in [0.29, 0.717) is 26.6 Å². The van der Waals surface area contributed by atoms with Crippen molar-refractivity contribution >= 4 is 33.8 Å². The van der Waals surface area contributed by atoms with Crippen LogP contribution < -0.4 is 9.47 Å². The predicted octanol–water partition coefficient (Wildman–Crippen LogP) is 9.30. The van der Waals surface area contributed by atoms with Gasteiger partial charge >= 0.3 is 17.8 Å². The molecule has 0 aliphatic heterocycles. The van der Waals surface area contributed by atoms with E-state index in [1.54, 1.807) is 54.6 Å². The Morgan fingerprint density at radius 1 is 0.632 bits per heavy atom. The number of hydrogen-bond donors (Lipinski definition) is 0. The number of halogens is 6. The summed E-state index contributed by atoms with van der Waals surface area (Å²) in [6, 6.07) is 17.7. The molecule has 2 aromatic heterocycles. The van der Waals surface area contributed by atoms with Crippen LogP contribution in [-0.4, -0.2) is 32.0 Å². The lowest BCUT2D eigenvalue weighted by molar-refractivity contribution is -0.254. The van der Waals surface area contributed by atoms with E-state index < -0.39 is 34.5 Å². The molecular formula is C28H20F6O2S2. The molecule has 2 nitrogen and oxygen atoms in total. The highest BCUT2D eigenvalue weighted by Gasteiger charge is 2.80. The average molecular weight is 567 g/mol. The molecule has 0 amide bonds. The topological polar surface area (TPSA) is 18.5 Å². The van der Waals surface area contributed by atoms with Crippen molar-refractivity contribution in [2.45, 2.75) is 24.7 Å². The second-order valence-corrected chi connectivity index (χ2v) is 10.9. The second kappa shape index (κ2) is 9.20. The highest BCUT2D eigenvalue weighted by molar-refractivity contribution is 7.17. The fourth-order valence-corrected chi connectivity index (χ4v) is 6.52. The van der Waals surface area contributed by atoms with Gasteiger partial charge in [0.15, 0.2) is 5.06 Å². The van der Waals surface area contributed by atoms with Crippen LogP contribution in [0, 0.1) is 6.92 Å². The summed E-state index contributed by atoms with van der Waals surface area (Å²) in [7, 11) is 2.67. The van der Waals surface area contributed by atoms with Gasteiger partial charge in [-0.3, -0.25) is 0 Å². The number of aryl methyl sites for hydroxylation is 1. The van der Waals surface area contributed by atoms with E-state index in [4.69, 9.17) is 9.47 Å². The molecule has 4 aromatic rings. The van der Waals surface area contributed by atoms with Gasteiger partial charge in [0.05, 0.1) is 14.2 Å². The molecule has 0 unspecified atom stereocenters. The predicted molar refractivity (Wildman–Crippen MR) is 139 cm³/mol. The van der Waals surface area contributed by atoms with Gasteiger partial charge < -0.3 is 9.47 Å². The highest BCUT2D eigenvalue weighted by Crippen LogP contribution is 2.66. The third kappa shape index (κ3) is 3.84. The van der Waals surface area contributed by atoms with Crippen LogP contribution in [-0.2, 0) is 0 Å². The molecule has 0 saturated carbocycles. The third-order valence-corrected chi connectivity index (χ3v) is 8.68. The quantitative estimate of drug-likeness (QED) is 0.217. The first-order valence-electron chi connectivity index (χ1n) is 11.3. The number of allylic oxidation sites excluding steroid dienone is 2. The van der Waals surface area contributed by atoms with Crippen LogP contribution in [0.4, 0.5) is 26.3 Å². The number of methoxy groups -OCH3 is 2. The Hall–Kier alpha value is -3.24. The summed E-state index contributed by atoms with van der Waals surface area (Å²) >= 11 is 1.97. The van der Waals surface area contributed by atoms with E-state index in [-0.39, 0.29) is 15.5 Å². The number of ether oxygens (including phenoxy) is 2. The molecule has 198 valence electrons. The lowest BCUT2D eigenvalue weighted by Crippen LogP contribution is -2.48. The normalized spacial score (nSPS) is 17.6. The lowest BCUT2D eigenvalue weighted by Gasteiger charge is -2.25. The van der Waals surface area contributed by atoms with E-state index in [0.717, 1.165) is 22.7 Å². The van der Waals surface area contributed by atoms with Gasteiger partial charge in [0.2, 0.25) is 0 Å². The van der Waals surface area contributed by atoms with Gasteiger partial charge in [-0.2, -0.15) is 26.3 Å². The molecule has 5 rings (SSSR count). The Labute approximate surface area is 222 Å². The smallest absolute Gasteiger partial charge is 0.380 e. The summed E-state index contributed by atoms with van der Waals surface area (Å²) in [5.41, 5.74) is -2.44. The Morgan fingerprint density at radius 2 is 1.16 bits per heavy atom. The summed E-state index contributed by atoms with van der Waals surface area (Å²) in [6.45, 7) is 1.45. The second-order valence-electron chi connectivity index (χ2n) is 8.66. The fraction of sp³-hybridized carbons (Fsp3) is 0.214. The standard InChI is InChI=1S/C28H20F6O2S2/c1-15-19(13-21(37-15)17-9-11-18(35-2)12-10-17)23-24(27(31,32)28(33,34)26(23,29)30)20-14-22(38-25(20)36-3)16-7-5-4-6-8-16/h4-14H,1-3H3. The van der Waals surface area contributed by atoms with E-state index >= 15 is 17.6 Å². The van der Waals surface area contributed by atoms with E-state index in [1.165, 1.54) is 33.3 Å². The van der Waals surface area contributed by atoms with Crippen molar-refractivity contribution < 1.29 is 35.8 Å². The zero-order valence-corrected chi connectivity index (χ0v) is 21.9. The number of alkyl halides is 6. The largest absolute Gasteiger partial charge is 0.497 e. The minimum Gasteiger partial charge on any atom is -0.497 e. The summed E-state index contributed by atoms with van der Waals surface area (Å²) in [6.07, 6.45) is 0. The molecule has 38 heavy (non-hydrogen) atoms. The first-order chi connectivity index (χ1) is 17.9. The lowest BCUT2D eigenvalue weighted by atomic mass is 9.95.